The Bertz CT molecular complexity index is 960. The average molecular weight is 485 g/mol. The van der Waals surface area contributed by atoms with Crippen LogP contribution >= 0.6 is 0 Å². The Morgan fingerprint density at radius 2 is 1.69 bits per heavy atom. The first kappa shape index (κ1) is 25.1. The highest BCUT2D eigenvalue weighted by atomic mass is 16.5. The second kappa shape index (κ2) is 9.73. The standard InChI is InChI=1S/C29H40O6/c1-18-5-8-21(27-26(33)25(32)24(31)23(16-30)35-27)14-28(18,2)13-19-6-9-20(10-7-19)22-15-29(34-17-22)11-3-4-12-29/h5-10,22-27,30-33H,3-4,11-17H2,1-2H3/t22?,23?,24-,25+,26-,27?,28?/m1/s1. The maximum Gasteiger partial charge on any atom is 0.112 e. The van der Waals surface area contributed by atoms with Gasteiger partial charge in [0.25, 0.3) is 0 Å². The summed E-state index contributed by atoms with van der Waals surface area (Å²) >= 11 is 0. The Morgan fingerprint density at radius 1 is 0.971 bits per heavy atom. The number of aliphatic hydroxyl groups is 4. The quantitative estimate of drug-likeness (QED) is 0.512. The molecule has 4 aliphatic rings. The van der Waals surface area contributed by atoms with Crippen molar-refractivity contribution >= 4 is 0 Å². The number of hydrogen-bond acceptors (Lipinski definition) is 6. The zero-order valence-electron chi connectivity index (χ0n) is 20.9. The average Bonchev–Trinajstić information content (AvgIpc) is 3.50. The zero-order chi connectivity index (χ0) is 24.8. The van der Waals surface area contributed by atoms with Crippen LogP contribution in [0.1, 0.15) is 69.4 Å². The molecule has 7 atom stereocenters. The van der Waals surface area contributed by atoms with E-state index in [1.807, 2.05) is 6.08 Å². The van der Waals surface area contributed by atoms with E-state index in [0.717, 1.165) is 25.0 Å². The maximum absolute atomic E-state index is 10.6. The second-order valence-electron chi connectivity index (χ2n) is 11.6. The van der Waals surface area contributed by atoms with Gasteiger partial charge in [-0.2, -0.15) is 0 Å². The summed E-state index contributed by atoms with van der Waals surface area (Å²) in [5.41, 5.74) is 4.70. The van der Waals surface area contributed by atoms with Gasteiger partial charge in [-0.15, -0.1) is 0 Å². The summed E-state index contributed by atoms with van der Waals surface area (Å²) in [4.78, 5) is 0. The maximum atomic E-state index is 10.6. The van der Waals surface area contributed by atoms with Gasteiger partial charge in [-0.1, -0.05) is 61.8 Å². The van der Waals surface area contributed by atoms with E-state index < -0.39 is 37.1 Å². The largest absolute Gasteiger partial charge is 0.394 e. The molecule has 0 amide bonds. The van der Waals surface area contributed by atoms with Gasteiger partial charge >= 0.3 is 0 Å². The third-order valence-corrected chi connectivity index (χ3v) is 9.12. The van der Waals surface area contributed by atoms with Crippen LogP contribution in [-0.4, -0.2) is 69.8 Å². The van der Waals surface area contributed by atoms with Gasteiger partial charge in [0.15, 0.2) is 0 Å². The summed E-state index contributed by atoms with van der Waals surface area (Å²) in [5, 5.41) is 40.6. The van der Waals surface area contributed by atoms with Crippen LogP contribution in [0, 0.1) is 5.41 Å². The third-order valence-electron chi connectivity index (χ3n) is 9.12. The SMILES string of the molecule is CC1=CC=C(C2OC(CO)[C@@H](O)[C@H](O)[C@H]2O)CC1(C)Cc1ccc(C2COC3(CCCC3)C2)cc1. The first-order valence-electron chi connectivity index (χ1n) is 13.1. The fourth-order valence-corrected chi connectivity index (χ4v) is 6.67. The van der Waals surface area contributed by atoms with Crippen molar-refractivity contribution in [3.63, 3.8) is 0 Å². The van der Waals surface area contributed by atoms with Gasteiger partial charge in [-0.05, 0) is 61.1 Å². The molecule has 2 heterocycles. The van der Waals surface area contributed by atoms with E-state index >= 15 is 0 Å². The van der Waals surface area contributed by atoms with Gasteiger partial charge in [-0.25, -0.2) is 0 Å². The highest BCUT2D eigenvalue weighted by molar-refractivity contribution is 5.36. The molecule has 4 unspecified atom stereocenters. The van der Waals surface area contributed by atoms with Crippen molar-refractivity contribution in [1.82, 2.24) is 0 Å². The van der Waals surface area contributed by atoms with Crippen molar-refractivity contribution in [3.8, 4) is 0 Å². The van der Waals surface area contributed by atoms with Crippen LogP contribution < -0.4 is 0 Å². The third kappa shape index (κ3) is 4.77. The van der Waals surface area contributed by atoms with E-state index in [9.17, 15) is 20.4 Å². The second-order valence-corrected chi connectivity index (χ2v) is 11.6. The molecule has 4 N–H and O–H groups in total. The van der Waals surface area contributed by atoms with Gasteiger partial charge in [0.2, 0.25) is 0 Å². The molecule has 0 aromatic heterocycles. The van der Waals surface area contributed by atoms with Crippen molar-refractivity contribution in [1.29, 1.82) is 0 Å². The molecular weight excluding hydrogens is 444 g/mol. The highest BCUT2D eigenvalue weighted by Gasteiger charge is 2.46. The van der Waals surface area contributed by atoms with E-state index in [1.54, 1.807) is 0 Å². The predicted octanol–water partition coefficient (Wildman–Crippen LogP) is 3.17. The minimum Gasteiger partial charge on any atom is -0.394 e. The fraction of sp³-hybridized carbons (Fsp3) is 0.655. The lowest BCUT2D eigenvalue weighted by molar-refractivity contribution is -0.220. The van der Waals surface area contributed by atoms with Gasteiger partial charge < -0.3 is 29.9 Å². The predicted molar refractivity (Wildman–Crippen MR) is 133 cm³/mol. The van der Waals surface area contributed by atoms with E-state index in [0.29, 0.717) is 12.3 Å². The van der Waals surface area contributed by atoms with Crippen LogP contribution in [0.15, 0.2) is 47.6 Å². The monoisotopic (exact) mass is 484 g/mol. The molecule has 3 fully saturated rings. The Morgan fingerprint density at radius 3 is 2.37 bits per heavy atom. The number of benzene rings is 1. The minimum atomic E-state index is -1.36. The Labute approximate surface area is 208 Å². The number of ether oxygens (including phenoxy) is 2. The van der Waals surface area contributed by atoms with Crippen molar-refractivity contribution in [2.24, 2.45) is 5.41 Å². The molecule has 0 bridgehead atoms. The van der Waals surface area contributed by atoms with E-state index in [2.05, 4.69) is 44.2 Å². The molecule has 2 aliphatic heterocycles. The van der Waals surface area contributed by atoms with Crippen LogP contribution in [0.2, 0.25) is 0 Å². The molecule has 192 valence electrons. The van der Waals surface area contributed by atoms with Gasteiger partial charge in [0.1, 0.15) is 30.5 Å². The molecular formula is C29H40O6. The highest BCUT2D eigenvalue weighted by Crippen LogP contribution is 2.47. The van der Waals surface area contributed by atoms with Crippen LogP contribution in [0.5, 0.6) is 0 Å². The normalized spacial score (nSPS) is 39.0. The molecule has 6 heteroatoms. The first-order valence-corrected chi connectivity index (χ1v) is 13.1. The first-order chi connectivity index (χ1) is 16.7. The van der Waals surface area contributed by atoms with E-state index in [-0.39, 0.29) is 11.0 Å². The van der Waals surface area contributed by atoms with Crippen LogP contribution in [-0.2, 0) is 15.9 Å². The molecule has 1 saturated carbocycles. The fourth-order valence-electron chi connectivity index (χ4n) is 6.67. The molecule has 1 spiro atoms. The summed E-state index contributed by atoms with van der Waals surface area (Å²) < 4.78 is 12.1. The lowest BCUT2D eigenvalue weighted by Gasteiger charge is -2.44. The lowest BCUT2D eigenvalue weighted by atomic mass is 9.69. The van der Waals surface area contributed by atoms with Crippen LogP contribution in [0.3, 0.4) is 0 Å². The minimum absolute atomic E-state index is 0.133. The lowest BCUT2D eigenvalue weighted by Crippen LogP contribution is -2.59. The summed E-state index contributed by atoms with van der Waals surface area (Å²) in [5.74, 6) is 0.481. The van der Waals surface area contributed by atoms with Crippen molar-refractivity contribution in [2.45, 2.75) is 101 Å². The smallest absolute Gasteiger partial charge is 0.112 e. The number of allylic oxidation sites excluding steroid dienone is 3. The summed E-state index contributed by atoms with van der Waals surface area (Å²) in [7, 11) is 0. The molecule has 1 aromatic rings. The summed E-state index contributed by atoms with van der Waals surface area (Å²) in [6.45, 7) is 4.76. The van der Waals surface area contributed by atoms with Crippen LogP contribution in [0.25, 0.3) is 0 Å². The van der Waals surface area contributed by atoms with Crippen molar-refractivity contribution < 1.29 is 29.9 Å². The molecule has 6 nitrogen and oxygen atoms in total. The van der Waals surface area contributed by atoms with Gasteiger partial charge in [0.05, 0.1) is 18.8 Å². The Hall–Kier alpha value is -1.54. The van der Waals surface area contributed by atoms with E-state index in [1.165, 1.54) is 42.4 Å². The topological polar surface area (TPSA) is 99.4 Å². The van der Waals surface area contributed by atoms with Gasteiger partial charge in [-0.3, -0.25) is 0 Å². The number of aliphatic hydroxyl groups excluding tert-OH is 4. The number of hydrogen-bond donors (Lipinski definition) is 4. The van der Waals surface area contributed by atoms with E-state index in [4.69, 9.17) is 9.47 Å². The summed E-state index contributed by atoms with van der Waals surface area (Å²) in [6.07, 6.45) is 6.04. The molecule has 0 radical (unpaired) electrons. The zero-order valence-corrected chi connectivity index (χ0v) is 20.9. The number of rotatable bonds is 5. The Kier molecular flexibility index (Phi) is 6.98. The molecule has 35 heavy (non-hydrogen) atoms. The molecule has 2 aliphatic carbocycles. The van der Waals surface area contributed by atoms with Crippen LogP contribution in [0.4, 0.5) is 0 Å². The van der Waals surface area contributed by atoms with Crippen molar-refractivity contribution in [2.75, 3.05) is 13.2 Å². The Balaban J connectivity index is 1.27. The van der Waals surface area contributed by atoms with Gasteiger partial charge in [0, 0.05) is 5.92 Å². The molecule has 2 saturated heterocycles. The summed E-state index contributed by atoms with van der Waals surface area (Å²) in [6, 6.07) is 8.99. The molecule has 1 aromatic carbocycles. The van der Waals surface area contributed by atoms with Crippen molar-refractivity contribution in [3.05, 3.63) is 58.7 Å². The molecule has 5 rings (SSSR count).